The van der Waals surface area contributed by atoms with Crippen LogP contribution in [0.2, 0.25) is 0 Å². The number of esters is 1. The lowest BCUT2D eigenvalue weighted by atomic mass is 10.5. The Labute approximate surface area is 104 Å². The monoisotopic (exact) mass is 283 g/mol. The Bertz CT molecular complexity index is 510. The fourth-order valence-corrected chi connectivity index (χ4v) is 1.12. The van der Waals surface area contributed by atoms with E-state index >= 15 is 0 Å². The number of hydrogen-bond donors (Lipinski definition) is 1. The van der Waals surface area contributed by atoms with Crippen molar-refractivity contribution in [3.63, 3.8) is 0 Å². The highest BCUT2D eigenvalue weighted by molar-refractivity contribution is 5.95. The lowest BCUT2D eigenvalue weighted by Gasteiger charge is -2.04. The molecule has 1 amide bonds. The number of ether oxygens (including phenoxy) is 1. The number of alkyl halides is 3. The van der Waals surface area contributed by atoms with Crippen molar-refractivity contribution in [2.24, 2.45) is 7.05 Å². The summed E-state index contributed by atoms with van der Waals surface area (Å²) in [6, 6.07) is 0. The van der Waals surface area contributed by atoms with Crippen LogP contribution in [0.1, 0.15) is 17.5 Å². The lowest BCUT2D eigenvalue weighted by Crippen LogP contribution is -2.30. The van der Waals surface area contributed by atoms with Crippen molar-refractivity contribution in [1.29, 1.82) is 0 Å². The highest BCUT2D eigenvalue weighted by Crippen LogP contribution is 2.20. The van der Waals surface area contributed by atoms with Gasteiger partial charge in [-0.15, -0.1) is 0 Å². The zero-order chi connectivity index (χ0) is 14.8. The minimum absolute atomic E-state index is 0.0163. The van der Waals surface area contributed by atoms with Crippen LogP contribution in [0.25, 0.3) is 0 Å². The van der Waals surface area contributed by atoms with Gasteiger partial charge in [0.1, 0.15) is 0 Å². The van der Waals surface area contributed by atoms with Crippen LogP contribution in [0.4, 0.5) is 23.4 Å². The molecule has 6 nitrogen and oxygen atoms in total. The van der Waals surface area contributed by atoms with Crippen molar-refractivity contribution in [1.82, 2.24) is 9.55 Å². The summed E-state index contributed by atoms with van der Waals surface area (Å²) in [5.74, 6) is -6.25. The average Bonchev–Trinajstić information content (AvgIpc) is 2.56. The van der Waals surface area contributed by atoms with Crippen molar-refractivity contribution in [2.45, 2.75) is 13.1 Å². The van der Waals surface area contributed by atoms with Gasteiger partial charge in [0.15, 0.2) is 5.82 Å². The van der Waals surface area contributed by atoms with E-state index in [1.165, 1.54) is 12.2 Å². The molecule has 0 radical (unpaired) electrons. The summed E-state index contributed by atoms with van der Waals surface area (Å²) in [5, 5.41) is 1.23. The maximum Gasteiger partial charge on any atom is 0.471 e. The highest BCUT2D eigenvalue weighted by Gasteiger charge is 2.40. The van der Waals surface area contributed by atoms with Crippen LogP contribution in [0, 0.1) is 5.95 Å². The van der Waals surface area contributed by atoms with Crippen LogP contribution in [0.3, 0.4) is 0 Å². The summed E-state index contributed by atoms with van der Waals surface area (Å²) in [5.41, 5.74) is 0. The molecule has 0 unspecified atom stereocenters. The molecule has 1 aromatic rings. The molecule has 1 N–H and O–H groups in total. The van der Waals surface area contributed by atoms with E-state index in [1.807, 2.05) is 0 Å². The number of imidazole rings is 1. The van der Waals surface area contributed by atoms with Gasteiger partial charge in [-0.25, -0.2) is 9.78 Å². The van der Waals surface area contributed by atoms with Crippen LogP contribution < -0.4 is 5.32 Å². The molecule has 0 saturated heterocycles. The first kappa shape index (κ1) is 14.9. The van der Waals surface area contributed by atoms with Crippen molar-refractivity contribution in [3.05, 3.63) is 11.8 Å². The molecule has 0 aromatic carbocycles. The van der Waals surface area contributed by atoms with Gasteiger partial charge in [0.2, 0.25) is 11.8 Å². The largest absolute Gasteiger partial charge is 0.471 e. The molecular weight excluding hydrogens is 274 g/mol. The van der Waals surface area contributed by atoms with E-state index in [0.717, 1.165) is 7.05 Å². The minimum Gasteiger partial charge on any atom is -0.460 e. The van der Waals surface area contributed by atoms with Gasteiger partial charge in [0.25, 0.3) is 0 Å². The Morgan fingerprint density at radius 3 is 2.47 bits per heavy atom. The van der Waals surface area contributed by atoms with E-state index < -0.39 is 35.6 Å². The molecule has 0 aliphatic rings. The first-order valence-corrected chi connectivity index (χ1v) is 4.96. The van der Waals surface area contributed by atoms with Crippen LogP contribution in [-0.2, 0) is 16.6 Å². The number of carbonyl (C=O) groups is 2. The lowest BCUT2D eigenvalue weighted by molar-refractivity contribution is -0.167. The van der Waals surface area contributed by atoms with E-state index in [4.69, 9.17) is 0 Å². The number of hydrogen-bond acceptors (Lipinski definition) is 4. The van der Waals surface area contributed by atoms with Crippen molar-refractivity contribution >= 4 is 17.7 Å². The van der Waals surface area contributed by atoms with Gasteiger partial charge in [-0.3, -0.25) is 14.7 Å². The summed E-state index contributed by atoms with van der Waals surface area (Å²) in [4.78, 5) is 25.2. The Kier molecular flexibility index (Phi) is 4.12. The molecule has 1 heterocycles. The second-order valence-electron chi connectivity index (χ2n) is 3.31. The third-order valence-corrected chi connectivity index (χ3v) is 1.97. The first-order chi connectivity index (χ1) is 8.68. The molecule has 106 valence electrons. The van der Waals surface area contributed by atoms with E-state index in [0.29, 0.717) is 4.57 Å². The molecule has 0 atom stereocenters. The number of halogens is 4. The summed E-state index contributed by atoms with van der Waals surface area (Å²) in [6.45, 7) is 1.47. The van der Waals surface area contributed by atoms with Crippen LogP contribution >= 0.6 is 0 Å². The topological polar surface area (TPSA) is 73.2 Å². The predicted molar refractivity (Wildman–Crippen MR) is 53.8 cm³/mol. The molecule has 1 aromatic heterocycles. The summed E-state index contributed by atoms with van der Waals surface area (Å²) in [7, 11) is 1.05. The van der Waals surface area contributed by atoms with Gasteiger partial charge < -0.3 is 4.74 Å². The van der Waals surface area contributed by atoms with Crippen molar-refractivity contribution < 1.29 is 31.9 Å². The zero-order valence-electron chi connectivity index (χ0n) is 9.84. The Morgan fingerprint density at radius 2 is 2.00 bits per heavy atom. The molecular formula is C9H9F4N3O3. The second-order valence-corrected chi connectivity index (χ2v) is 3.31. The van der Waals surface area contributed by atoms with E-state index in [2.05, 4.69) is 9.72 Å². The average molecular weight is 283 g/mol. The fraction of sp³-hybridized carbons (Fsp3) is 0.444. The number of anilines is 1. The molecule has 0 fully saturated rings. The molecule has 0 bridgehead atoms. The van der Waals surface area contributed by atoms with E-state index in [-0.39, 0.29) is 6.61 Å². The van der Waals surface area contributed by atoms with Crippen LogP contribution in [0.5, 0.6) is 0 Å². The normalized spacial score (nSPS) is 11.3. The molecule has 0 aliphatic heterocycles. The number of nitrogens with one attached hydrogen (secondary N) is 1. The Morgan fingerprint density at radius 1 is 1.42 bits per heavy atom. The summed E-state index contributed by atoms with van der Waals surface area (Å²) >= 11 is 0. The number of nitrogens with zero attached hydrogens (tertiary/aromatic N) is 2. The van der Waals surface area contributed by atoms with Gasteiger partial charge in [-0.2, -0.15) is 17.6 Å². The fourth-order valence-electron chi connectivity index (χ4n) is 1.12. The zero-order valence-corrected chi connectivity index (χ0v) is 9.84. The third-order valence-electron chi connectivity index (χ3n) is 1.97. The second kappa shape index (κ2) is 5.24. The molecule has 0 saturated carbocycles. The van der Waals surface area contributed by atoms with E-state index in [1.54, 1.807) is 0 Å². The number of aromatic nitrogens is 2. The van der Waals surface area contributed by atoms with Crippen molar-refractivity contribution in [2.75, 3.05) is 11.9 Å². The number of amides is 1. The third kappa shape index (κ3) is 3.20. The molecule has 0 aliphatic carbocycles. The van der Waals surface area contributed by atoms with Gasteiger partial charge >= 0.3 is 18.1 Å². The summed E-state index contributed by atoms with van der Waals surface area (Å²) < 4.78 is 54.6. The maximum atomic E-state index is 13.5. The van der Waals surface area contributed by atoms with Crippen LogP contribution in [-0.4, -0.2) is 34.2 Å². The van der Waals surface area contributed by atoms with Gasteiger partial charge in [-0.1, -0.05) is 0 Å². The standard InChI is InChI=1S/C9H9F4N3O3/c1-3-19-7(17)6-14-5(4(10)16(6)2)15-8(18)9(11,12)13/h3H2,1-2H3,(H,15,18). The van der Waals surface area contributed by atoms with E-state index in [9.17, 15) is 27.2 Å². The smallest absolute Gasteiger partial charge is 0.460 e. The van der Waals surface area contributed by atoms with Gasteiger partial charge in [-0.05, 0) is 6.92 Å². The molecule has 1 rings (SSSR count). The molecule has 0 spiro atoms. The first-order valence-electron chi connectivity index (χ1n) is 4.96. The maximum absolute atomic E-state index is 13.5. The van der Waals surface area contributed by atoms with Crippen molar-refractivity contribution in [3.8, 4) is 0 Å². The van der Waals surface area contributed by atoms with Crippen LogP contribution in [0.15, 0.2) is 0 Å². The summed E-state index contributed by atoms with van der Waals surface area (Å²) in [6.07, 6.45) is -5.19. The number of rotatable bonds is 3. The molecule has 10 heteroatoms. The minimum atomic E-state index is -5.19. The van der Waals surface area contributed by atoms with Gasteiger partial charge in [0.05, 0.1) is 6.61 Å². The quantitative estimate of drug-likeness (QED) is 0.669. The Balaban J connectivity index is 3.02. The SMILES string of the molecule is CCOC(=O)c1nc(NC(=O)C(F)(F)F)c(F)n1C. The predicted octanol–water partition coefficient (Wildman–Crippen LogP) is 1.24. The Hall–Kier alpha value is -2.13. The number of carbonyl (C=O) groups excluding carboxylic acids is 2. The molecule has 19 heavy (non-hydrogen) atoms. The van der Waals surface area contributed by atoms with Gasteiger partial charge in [0, 0.05) is 7.05 Å². The highest BCUT2D eigenvalue weighted by atomic mass is 19.4.